The molecule has 0 saturated heterocycles. The van der Waals surface area contributed by atoms with Crippen LogP contribution in [0.4, 0.5) is 18.9 Å². The van der Waals surface area contributed by atoms with Gasteiger partial charge in [-0.2, -0.15) is 18.4 Å². The summed E-state index contributed by atoms with van der Waals surface area (Å²) in [6.07, 6.45) is 1.30. The molecule has 3 aromatic rings. The summed E-state index contributed by atoms with van der Waals surface area (Å²) < 4.78 is 46.9. The molecule has 0 spiro atoms. The smallest absolute Gasteiger partial charge is 0.313 e. The number of carbonyl (C=O) groups excluding carboxylic acids is 1. The maximum absolute atomic E-state index is 13.8. The third-order valence-corrected chi connectivity index (χ3v) is 7.14. The van der Waals surface area contributed by atoms with Crippen LogP contribution >= 0.6 is 11.5 Å². The topological polar surface area (TPSA) is 91.9 Å². The van der Waals surface area contributed by atoms with E-state index >= 15 is 0 Å². The molecular formula is C26H26F3N5O2S. The molecule has 0 aliphatic heterocycles. The number of rotatable bonds is 6. The number of hydrogen-bond acceptors (Lipinski definition) is 6. The summed E-state index contributed by atoms with van der Waals surface area (Å²) in [4.78, 5) is 31.0. The van der Waals surface area contributed by atoms with Crippen LogP contribution in [-0.2, 0) is 11.3 Å². The van der Waals surface area contributed by atoms with Gasteiger partial charge in [-0.15, -0.1) is 0 Å². The van der Waals surface area contributed by atoms with Crippen LogP contribution in [0.15, 0.2) is 47.0 Å². The highest BCUT2D eigenvalue weighted by Crippen LogP contribution is 2.38. The number of pyridine rings is 2. The van der Waals surface area contributed by atoms with E-state index in [2.05, 4.69) is 9.36 Å². The van der Waals surface area contributed by atoms with Gasteiger partial charge in [0.05, 0.1) is 0 Å². The van der Waals surface area contributed by atoms with Crippen LogP contribution in [0, 0.1) is 17.2 Å². The van der Waals surface area contributed by atoms with Gasteiger partial charge in [0.15, 0.2) is 0 Å². The Balaban J connectivity index is 1.72. The Hall–Kier alpha value is -3.52. The van der Waals surface area contributed by atoms with E-state index in [9.17, 15) is 22.8 Å². The van der Waals surface area contributed by atoms with Crippen LogP contribution in [-0.4, -0.2) is 32.0 Å². The molecule has 1 aliphatic rings. The van der Waals surface area contributed by atoms with Crippen molar-refractivity contribution in [3.63, 3.8) is 0 Å². The van der Waals surface area contributed by atoms with Gasteiger partial charge < -0.3 is 4.57 Å². The predicted molar refractivity (Wildman–Crippen MR) is 134 cm³/mol. The summed E-state index contributed by atoms with van der Waals surface area (Å²) in [7, 11) is 0. The van der Waals surface area contributed by atoms with E-state index in [1.165, 1.54) is 22.2 Å². The average Bonchev–Trinajstić information content (AvgIpc) is 3.41. The minimum atomic E-state index is -5.14. The van der Waals surface area contributed by atoms with Crippen LogP contribution < -0.4 is 10.5 Å². The number of halogens is 3. The lowest BCUT2D eigenvalue weighted by molar-refractivity contribution is -0.171. The first kappa shape index (κ1) is 26.5. The third kappa shape index (κ3) is 5.91. The van der Waals surface area contributed by atoms with Crippen molar-refractivity contribution < 1.29 is 18.0 Å². The Kier molecular flexibility index (Phi) is 7.78. The standard InChI is InChI=1S/C26H26F3N5O2S/c1-16(2)13-33-14-19(20-12-32-37-15-20)9-23(24(33)35)34(25(36)26(27,28)29)22-7-4-17(5-8-22)18-3-6-21(10-30)31-11-18/h3,6,9,11-12,14-17,22H,4-5,7-8,13H2,1-2H3. The van der Waals surface area contributed by atoms with E-state index in [1.807, 2.05) is 19.9 Å². The summed E-state index contributed by atoms with van der Waals surface area (Å²) in [5.41, 5.74) is 1.49. The highest BCUT2D eigenvalue weighted by atomic mass is 32.1. The van der Waals surface area contributed by atoms with Crippen molar-refractivity contribution in [2.45, 2.75) is 64.2 Å². The van der Waals surface area contributed by atoms with Gasteiger partial charge in [0.1, 0.15) is 17.5 Å². The SMILES string of the molecule is CC(C)Cn1cc(-c2cnsc2)cc(N(C(=O)C(F)(F)F)C2CCC(c3ccc(C#N)nc3)CC2)c1=O. The largest absolute Gasteiger partial charge is 0.471 e. The van der Waals surface area contributed by atoms with Gasteiger partial charge in [0.25, 0.3) is 5.56 Å². The van der Waals surface area contributed by atoms with E-state index in [-0.39, 0.29) is 23.2 Å². The molecule has 3 aromatic heterocycles. The van der Waals surface area contributed by atoms with Gasteiger partial charge in [-0.3, -0.25) is 14.5 Å². The van der Waals surface area contributed by atoms with Gasteiger partial charge in [0.2, 0.25) is 0 Å². The summed E-state index contributed by atoms with van der Waals surface area (Å²) in [6.45, 7) is 4.11. The molecule has 1 fully saturated rings. The fourth-order valence-electron chi connectivity index (χ4n) is 4.82. The Bertz CT molecular complexity index is 1340. The molecule has 0 radical (unpaired) electrons. The second-order valence-electron chi connectivity index (χ2n) is 9.65. The number of nitriles is 1. The molecule has 0 unspecified atom stereocenters. The lowest BCUT2D eigenvalue weighted by Crippen LogP contribution is -2.51. The molecule has 7 nitrogen and oxygen atoms in total. The quantitative estimate of drug-likeness (QED) is 0.420. The Labute approximate surface area is 216 Å². The number of nitrogens with zero attached hydrogens (tertiary/aromatic N) is 5. The van der Waals surface area contributed by atoms with E-state index in [0.717, 1.165) is 5.56 Å². The van der Waals surface area contributed by atoms with Crippen molar-refractivity contribution in [2.24, 2.45) is 5.92 Å². The fraction of sp³-hybridized carbons (Fsp3) is 0.423. The molecular weight excluding hydrogens is 503 g/mol. The second kappa shape index (κ2) is 10.8. The molecule has 194 valence electrons. The maximum Gasteiger partial charge on any atom is 0.471 e. The van der Waals surface area contributed by atoms with Crippen LogP contribution in [0.5, 0.6) is 0 Å². The fourth-order valence-corrected chi connectivity index (χ4v) is 5.36. The normalized spacial score (nSPS) is 18.0. The molecule has 11 heteroatoms. The summed E-state index contributed by atoms with van der Waals surface area (Å²) in [5, 5.41) is 10.7. The maximum atomic E-state index is 13.8. The molecule has 1 aliphatic carbocycles. The predicted octanol–water partition coefficient (Wildman–Crippen LogP) is 5.52. The van der Waals surface area contributed by atoms with Crippen LogP contribution in [0.25, 0.3) is 11.1 Å². The molecule has 0 aromatic carbocycles. The molecule has 1 saturated carbocycles. The van der Waals surface area contributed by atoms with Crippen molar-refractivity contribution in [3.8, 4) is 17.2 Å². The van der Waals surface area contributed by atoms with Crippen molar-refractivity contribution in [1.29, 1.82) is 5.26 Å². The highest BCUT2D eigenvalue weighted by Gasteiger charge is 2.47. The number of aromatic nitrogens is 3. The highest BCUT2D eigenvalue weighted by molar-refractivity contribution is 7.03. The molecule has 3 heterocycles. The first-order chi connectivity index (χ1) is 17.6. The minimum Gasteiger partial charge on any atom is -0.313 e. The molecule has 37 heavy (non-hydrogen) atoms. The first-order valence-corrected chi connectivity index (χ1v) is 12.8. The number of hydrogen-bond donors (Lipinski definition) is 0. The summed E-state index contributed by atoms with van der Waals surface area (Å²) in [5.74, 6) is -1.94. The van der Waals surface area contributed by atoms with Gasteiger partial charge >= 0.3 is 12.1 Å². The molecule has 4 rings (SSSR count). The summed E-state index contributed by atoms with van der Waals surface area (Å²) in [6, 6.07) is 5.97. The first-order valence-electron chi connectivity index (χ1n) is 12.0. The third-order valence-electron chi connectivity index (χ3n) is 6.55. The Morgan fingerprint density at radius 2 is 1.95 bits per heavy atom. The monoisotopic (exact) mass is 529 g/mol. The van der Waals surface area contributed by atoms with E-state index in [0.29, 0.717) is 48.3 Å². The van der Waals surface area contributed by atoms with Crippen molar-refractivity contribution >= 4 is 23.1 Å². The summed E-state index contributed by atoms with van der Waals surface area (Å²) >= 11 is 1.19. The Morgan fingerprint density at radius 1 is 1.22 bits per heavy atom. The van der Waals surface area contributed by atoms with Gasteiger partial charge in [-0.25, -0.2) is 9.36 Å². The Morgan fingerprint density at radius 3 is 2.49 bits per heavy atom. The lowest BCUT2D eigenvalue weighted by atomic mass is 9.81. The van der Waals surface area contributed by atoms with Gasteiger partial charge in [0, 0.05) is 47.7 Å². The zero-order chi connectivity index (χ0) is 26.7. The number of alkyl halides is 3. The number of amides is 1. The number of carbonyl (C=O) groups is 1. The minimum absolute atomic E-state index is 0.0418. The van der Waals surface area contributed by atoms with Gasteiger partial charge in [-0.1, -0.05) is 19.9 Å². The molecule has 1 amide bonds. The van der Waals surface area contributed by atoms with Crippen molar-refractivity contribution in [3.05, 3.63) is 63.8 Å². The van der Waals surface area contributed by atoms with Gasteiger partial charge in [-0.05, 0) is 66.7 Å². The van der Waals surface area contributed by atoms with E-state index in [4.69, 9.17) is 5.26 Å². The van der Waals surface area contributed by atoms with Crippen LogP contribution in [0.3, 0.4) is 0 Å². The molecule has 0 N–H and O–H groups in total. The number of anilines is 1. The molecule has 0 bridgehead atoms. The second-order valence-corrected chi connectivity index (χ2v) is 10.3. The van der Waals surface area contributed by atoms with Crippen LogP contribution in [0.1, 0.15) is 56.7 Å². The zero-order valence-corrected chi connectivity index (χ0v) is 21.2. The van der Waals surface area contributed by atoms with E-state index in [1.54, 1.807) is 36.1 Å². The average molecular weight is 530 g/mol. The van der Waals surface area contributed by atoms with Crippen molar-refractivity contribution in [2.75, 3.05) is 4.90 Å². The van der Waals surface area contributed by atoms with Crippen LogP contribution in [0.2, 0.25) is 0 Å². The van der Waals surface area contributed by atoms with E-state index < -0.39 is 23.7 Å². The molecule has 0 atom stereocenters. The zero-order valence-electron chi connectivity index (χ0n) is 20.4. The lowest BCUT2D eigenvalue weighted by Gasteiger charge is -2.37. The van der Waals surface area contributed by atoms with Crippen molar-refractivity contribution in [1.82, 2.24) is 13.9 Å².